The highest BCUT2D eigenvalue weighted by atomic mass is 19.2. The van der Waals surface area contributed by atoms with Crippen molar-refractivity contribution in [3.05, 3.63) is 46.1 Å². The molecular weight excluding hydrogens is 188 g/mol. The van der Waals surface area contributed by atoms with Crippen molar-refractivity contribution in [2.45, 2.75) is 6.92 Å². The van der Waals surface area contributed by atoms with E-state index in [4.69, 9.17) is 0 Å². The Morgan fingerprint density at radius 2 is 1.79 bits per heavy atom. The Bertz CT molecular complexity index is 560. The van der Waals surface area contributed by atoms with Crippen LogP contribution < -0.4 is 5.56 Å². The summed E-state index contributed by atoms with van der Waals surface area (Å²) in [6.07, 6.45) is 0. The van der Waals surface area contributed by atoms with Gasteiger partial charge in [-0.3, -0.25) is 4.79 Å². The van der Waals surface area contributed by atoms with Crippen LogP contribution in [0.1, 0.15) is 5.69 Å². The van der Waals surface area contributed by atoms with Gasteiger partial charge in [0.15, 0.2) is 5.82 Å². The second-order valence-electron chi connectivity index (χ2n) is 3.03. The first-order valence-corrected chi connectivity index (χ1v) is 4.09. The minimum absolute atomic E-state index is 0.0538. The van der Waals surface area contributed by atoms with Crippen molar-refractivity contribution in [1.82, 2.24) is 4.79 Å². The van der Waals surface area contributed by atoms with Gasteiger partial charge >= 0.3 is 0 Å². The minimum atomic E-state index is -0.820. The Balaban J connectivity index is 3.10. The lowest BCUT2D eigenvalue weighted by molar-refractivity contribution is 0.335. The molecule has 14 heavy (non-hydrogen) atoms. The van der Waals surface area contributed by atoms with E-state index in [0.29, 0.717) is 0 Å². The summed E-state index contributed by atoms with van der Waals surface area (Å²) < 4.78 is 26.5. The van der Waals surface area contributed by atoms with Crippen LogP contribution in [0.15, 0.2) is 29.1 Å². The Hall–Kier alpha value is -1.71. The van der Waals surface area contributed by atoms with E-state index < -0.39 is 11.4 Å². The number of nitrogens with zero attached hydrogens (tertiary/aromatic N) is 1. The van der Waals surface area contributed by atoms with Gasteiger partial charge in [0.25, 0.3) is 5.56 Å². The van der Waals surface area contributed by atoms with Crippen LogP contribution in [0.5, 0.6) is 0 Å². The molecule has 0 aliphatic rings. The van der Waals surface area contributed by atoms with Gasteiger partial charge in [0.2, 0.25) is 0 Å². The molecule has 2 aromatic rings. The Labute approximate surface area is 78.3 Å². The smallest absolute Gasteiger partial charge is 0.266 e. The van der Waals surface area contributed by atoms with Crippen molar-refractivity contribution >= 4 is 10.8 Å². The maximum atomic E-state index is 13.4. The van der Waals surface area contributed by atoms with Crippen LogP contribution in [0.25, 0.3) is 10.8 Å². The molecule has 72 valence electrons. The molecule has 0 fully saturated rings. The molecule has 2 rings (SSSR count). The third kappa shape index (κ3) is 1.04. The van der Waals surface area contributed by atoms with Gasteiger partial charge < -0.3 is 0 Å². The average molecular weight is 195 g/mol. The van der Waals surface area contributed by atoms with E-state index in [0.717, 1.165) is 0 Å². The molecule has 1 aromatic heterocycles. The lowest BCUT2D eigenvalue weighted by Crippen LogP contribution is -2.17. The van der Waals surface area contributed by atoms with E-state index in [1.165, 1.54) is 19.1 Å². The maximum Gasteiger partial charge on any atom is 0.286 e. The first-order chi connectivity index (χ1) is 6.63. The summed E-state index contributed by atoms with van der Waals surface area (Å²) in [5, 5.41) is 0.210. The van der Waals surface area contributed by atoms with Crippen LogP contribution in [0, 0.1) is 12.7 Å². The largest absolute Gasteiger partial charge is 0.286 e. The van der Waals surface area contributed by atoms with Gasteiger partial charge in [-0.15, -0.1) is 4.79 Å². The van der Waals surface area contributed by atoms with Crippen LogP contribution in [0.3, 0.4) is 0 Å². The fraction of sp³-hybridized carbons (Fsp3) is 0.100. The summed E-state index contributed by atoms with van der Waals surface area (Å²) in [5.74, 6) is -0.692. The molecule has 0 aliphatic heterocycles. The molecule has 0 radical (unpaired) electrons. The zero-order valence-corrected chi connectivity index (χ0v) is 7.42. The van der Waals surface area contributed by atoms with Gasteiger partial charge in [0.1, 0.15) is 0 Å². The molecular formula is C10H7F2NO. The second-order valence-corrected chi connectivity index (χ2v) is 3.03. The van der Waals surface area contributed by atoms with Gasteiger partial charge in [0.05, 0.1) is 11.1 Å². The molecule has 1 aromatic carbocycles. The highest BCUT2D eigenvalue weighted by molar-refractivity contribution is 5.82. The van der Waals surface area contributed by atoms with Crippen molar-refractivity contribution in [2.75, 3.05) is 0 Å². The fourth-order valence-electron chi connectivity index (χ4n) is 1.40. The normalized spacial score (nSPS) is 10.8. The summed E-state index contributed by atoms with van der Waals surface area (Å²) in [7, 11) is 0. The number of halogens is 2. The van der Waals surface area contributed by atoms with Crippen LogP contribution >= 0.6 is 0 Å². The Morgan fingerprint density at radius 3 is 2.43 bits per heavy atom. The van der Waals surface area contributed by atoms with Crippen LogP contribution in [-0.2, 0) is 0 Å². The summed E-state index contributed by atoms with van der Waals surface area (Å²) >= 11 is 0. The van der Waals surface area contributed by atoms with Gasteiger partial charge in [-0.25, -0.2) is 4.39 Å². The highest BCUT2D eigenvalue weighted by Gasteiger charge is 2.12. The molecule has 4 heteroatoms. The average Bonchev–Trinajstić information content (AvgIpc) is 2.23. The number of rotatable bonds is 0. The van der Waals surface area contributed by atoms with E-state index in [1.54, 1.807) is 12.1 Å². The molecule has 1 heterocycles. The Morgan fingerprint density at radius 1 is 1.21 bits per heavy atom. The van der Waals surface area contributed by atoms with E-state index in [9.17, 15) is 13.7 Å². The molecule has 0 spiro atoms. The molecule has 0 N–H and O–H groups in total. The molecule has 0 atom stereocenters. The van der Waals surface area contributed by atoms with Crippen LogP contribution in [0.2, 0.25) is 0 Å². The number of hydrogen-bond donors (Lipinski definition) is 0. The lowest BCUT2D eigenvalue weighted by Gasteiger charge is -2.04. The zero-order valence-electron chi connectivity index (χ0n) is 7.42. The van der Waals surface area contributed by atoms with Crippen molar-refractivity contribution in [3.8, 4) is 0 Å². The predicted molar refractivity (Wildman–Crippen MR) is 49.4 cm³/mol. The number of benzene rings is 1. The van der Waals surface area contributed by atoms with Crippen molar-refractivity contribution in [2.24, 2.45) is 0 Å². The fourth-order valence-corrected chi connectivity index (χ4v) is 1.40. The summed E-state index contributed by atoms with van der Waals surface area (Å²) in [5.41, 5.74) is -1.12. The van der Waals surface area contributed by atoms with Gasteiger partial charge in [0, 0.05) is 5.39 Å². The van der Waals surface area contributed by atoms with E-state index in [2.05, 4.69) is 0 Å². The molecule has 0 saturated carbocycles. The summed E-state index contributed by atoms with van der Waals surface area (Å²) in [6.45, 7) is 1.23. The number of fused-ring (bicyclic) bond motifs is 1. The lowest BCUT2D eigenvalue weighted by atomic mass is 10.1. The Kier molecular flexibility index (Phi) is 1.84. The first kappa shape index (κ1) is 8.87. The zero-order chi connectivity index (χ0) is 10.3. The van der Waals surface area contributed by atoms with Crippen molar-refractivity contribution in [1.29, 1.82) is 0 Å². The minimum Gasteiger partial charge on any atom is -0.266 e. The van der Waals surface area contributed by atoms with E-state index in [-0.39, 0.29) is 21.3 Å². The number of pyridine rings is 1. The monoisotopic (exact) mass is 195 g/mol. The maximum absolute atomic E-state index is 13.4. The van der Waals surface area contributed by atoms with E-state index >= 15 is 0 Å². The molecule has 2 nitrogen and oxygen atoms in total. The van der Waals surface area contributed by atoms with Gasteiger partial charge in [-0.1, -0.05) is 22.7 Å². The standard InChI is InChI=1S/C10H7F2NO/c1-6-9(11)7-4-2-3-5-8(7)10(14)13(6)12/h2-5H,1H3. The third-order valence-corrected chi connectivity index (χ3v) is 2.18. The molecule has 0 unspecified atom stereocenters. The number of hydrogen-bond acceptors (Lipinski definition) is 1. The van der Waals surface area contributed by atoms with Crippen molar-refractivity contribution < 1.29 is 8.87 Å². The van der Waals surface area contributed by atoms with Crippen LogP contribution in [0.4, 0.5) is 8.87 Å². The summed E-state index contributed by atoms with van der Waals surface area (Å²) in [4.78, 5) is 11.2. The molecule has 0 bridgehead atoms. The molecule has 0 amide bonds. The van der Waals surface area contributed by atoms with Crippen LogP contribution in [-0.4, -0.2) is 4.79 Å². The van der Waals surface area contributed by atoms with Gasteiger partial charge in [-0.05, 0) is 13.0 Å². The quantitative estimate of drug-likeness (QED) is 0.631. The predicted octanol–water partition coefficient (Wildman–Crippen LogP) is 2.18. The number of aromatic nitrogens is 1. The molecule has 0 saturated heterocycles. The first-order valence-electron chi connectivity index (χ1n) is 4.09. The third-order valence-electron chi connectivity index (χ3n) is 2.18. The van der Waals surface area contributed by atoms with Gasteiger partial charge in [-0.2, -0.15) is 0 Å². The topological polar surface area (TPSA) is 22.0 Å². The summed E-state index contributed by atoms with van der Waals surface area (Å²) in [6, 6.07) is 6.03. The second kappa shape index (κ2) is 2.90. The highest BCUT2D eigenvalue weighted by Crippen LogP contribution is 2.16. The van der Waals surface area contributed by atoms with E-state index in [1.807, 2.05) is 0 Å². The molecule has 0 aliphatic carbocycles. The SMILES string of the molecule is Cc1c(F)c2ccccc2c(=O)n1F. The van der Waals surface area contributed by atoms with Crippen molar-refractivity contribution in [3.63, 3.8) is 0 Å².